The predicted octanol–water partition coefficient (Wildman–Crippen LogP) is 3.54. The lowest BCUT2D eigenvalue weighted by molar-refractivity contribution is 0.0581. The number of ether oxygens (including phenoxy) is 1. The Hall–Kier alpha value is -2.76. The van der Waals surface area contributed by atoms with E-state index in [0.29, 0.717) is 17.1 Å². The number of piperidine rings is 1. The van der Waals surface area contributed by atoms with Crippen LogP contribution in [-0.4, -0.2) is 34.2 Å². The van der Waals surface area contributed by atoms with Crippen molar-refractivity contribution in [2.75, 3.05) is 13.7 Å². The van der Waals surface area contributed by atoms with Crippen LogP contribution in [0.15, 0.2) is 41.1 Å². The van der Waals surface area contributed by atoms with Gasteiger partial charge in [-0.15, -0.1) is 0 Å². The van der Waals surface area contributed by atoms with Crippen molar-refractivity contribution in [1.29, 1.82) is 0 Å². The van der Waals surface area contributed by atoms with Gasteiger partial charge in [0, 0.05) is 30.7 Å². The van der Waals surface area contributed by atoms with Crippen molar-refractivity contribution < 1.29 is 13.9 Å². The average Bonchev–Trinajstić information content (AvgIpc) is 3.27. The zero-order valence-electron chi connectivity index (χ0n) is 14.4. The molecule has 1 saturated heterocycles. The number of methoxy groups -OCH3 is 1. The Kier molecular flexibility index (Phi) is 3.95. The Morgan fingerprint density at radius 3 is 3.00 bits per heavy atom. The van der Waals surface area contributed by atoms with Crippen molar-refractivity contribution >= 4 is 16.9 Å². The van der Waals surface area contributed by atoms with Gasteiger partial charge in [-0.1, -0.05) is 12.1 Å². The molecule has 1 atom stereocenters. The van der Waals surface area contributed by atoms with Gasteiger partial charge in [-0.3, -0.25) is 9.48 Å². The van der Waals surface area contributed by atoms with Gasteiger partial charge in [-0.05, 0) is 31.4 Å². The third-order valence-corrected chi connectivity index (χ3v) is 4.81. The van der Waals surface area contributed by atoms with Gasteiger partial charge >= 0.3 is 0 Å². The monoisotopic (exact) mass is 339 g/mol. The summed E-state index contributed by atoms with van der Waals surface area (Å²) < 4.78 is 13.0. The van der Waals surface area contributed by atoms with Crippen molar-refractivity contribution in [3.8, 4) is 5.75 Å². The molecule has 1 amide bonds. The second-order valence-corrected chi connectivity index (χ2v) is 6.45. The fourth-order valence-electron chi connectivity index (χ4n) is 3.58. The standard InChI is InChI=1S/C19H21N3O3/c1-21-12-14(11-20-21)15-7-3-4-9-22(15)19(23)17-10-13-6-5-8-16(24-2)18(13)25-17/h5-6,8,10-12,15H,3-4,7,9H2,1-2H3/t15-/m0/s1. The maximum atomic E-state index is 13.1. The van der Waals surface area contributed by atoms with Crippen LogP contribution in [0.25, 0.3) is 11.0 Å². The van der Waals surface area contributed by atoms with Gasteiger partial charge in [-0.25, -0.2) is 0 Å². The normalized spacial score (nSPS) is 17.8. The minimum atomic E-state index is -0.0770. The second-order valence-electron chi connectivity index (χ2n) is 6.45. The number of furan rings is 1. The van der Waals surface area contributed by atoms with E-state index in [1.54, 1.807) is 17.9 Å². The molecule has 25 heavy (non-hydrogen) atoms. The molecule has 3 heterocycles. The molecule has 3 aromatic rings. The molecule has 6 nitrogen and oxygen atoms in total. The second kappa shape index (κ2) is 6.27. The number of benzene rings is 1. The maximum Gasteiger partial charge on any atom is 0.290 e. The third kappa shape index (κ3) is 2.77. The largest absolute Gasteiger partial charge is 0.493 e. The highest BCUT2D eigenvalue weighted by Crippen LogP contribution is 2.34. The fraction of sp³-hybridized carbons (Fsp3) is 0.368. The minimum Gasteiger partial charge on any atom is -0.493 e. The highest BCUT2D eigenvalue weighted by atomic mass is 16.5. The van der Waals surface area contributed by atoms with Crippen molar-refractivity contribution in [3.63, 3.8) is 0 Å². The van der Waals surface area contributed by atoms with Crippen LogP contribution in [0, 0.1) is 0 Å². The van der Waals surface area contributed by atoms with Gasteiger partial charge in [0.1, 0.15) is 0 Å². The number of aromatic nitrogens is 2. The summed E-state index contributed by atoms with van der Waals surface area (Å²) >= 11 is 0. The van der Waals surface area contributed by atoms with Crippen molar-refractivity contribution in [3.05, 3.63) is 48.0 Å². The number of hydrogen-bond acceptors (Lipinski definition) is 4. The van der Waals surface area contributed by atoms with E-state index in [9.17, 15) is 4.79 Å². The maximum absolute atomic E-state index is 13.1. The number of carbonyl (C=O) groups excluding carboxylic acids is 1. The number of nitrogens with zero attached hydrogens (tertiary/aromatic N) is 3. The van der Waals surface area contributed by atoms with E-state index in [1.165, 1.54) is 0 Å². The molecular weight excluding hydrogens is 318 g/mol. The number of aryl methyl sites for hydroxylation is 1. The van der Waals surface area contributed by atoms with Gasteiger partial charge in [0.05, 0.1) is 19.3 Å². The molecule has 4 rings (SSSR count). The summed E-state index contributed by atoms with van der Waals surface area (Å²) in [6, 6.07) is 7.50. The van der Waals surface area contributed by atoms with Gasteiger partial charge in [0.25, 0.3) is 5.91 Å². The van der Waals surface area contributed by atoms with Crippen molar-refractivity contribution in [1.82, 2.24) is 14.7 Å². The lowest BCUT2D eigenvalue weighted by atomic mass is 9.97. The van der Waals surface area contributed by atoms with Crippen LogP contribution in [0.4, 0.5) is 0 Å². The summed E-state index contributed by atoms with van der Waals surface area (Å²) in [5.41, 5.74) is 1.69. The van der Waals surface area contributed by atoms with Crippen molar-refractivity contribution in [2.24, 2.45) is 7.05 Å². The molecule has 0 radical (unpaired) electrons. The highest BCUT2D eigenvalue weighted by molar-refractivity contribution is 5.97. The summed E-state index contributed by atoms with van der Waals surface area (Å²) in [4.78, 5) is 15.0. The molecule has 1 aliphatic rings. The van der Waals surface area contributed by atoms with Gasteiger partial charge in [0.2, 0.25) is 0 Å². The number of hydrogen-bond donors (Lipinski definition) is 0. The van der Waals surface area contributed by atoms with Crippen LogP contribution in [0.1, 0.15) is 41.4 Å². The van der Waals surface area contributed by atoms with E-state index < -0.39 is 0 Å². The first-order chi connectivity index (χ1) is 12.2. The Balaban J connectivity index is 1.68. The van der Waals surface area contributed by atoms with E-state index in [0.717, 1.165) is 36.8 Å². The van der Waals surface area contributed by atoms with Crippen molar-refractivity contribution in [2.45, 2.75) is 25.3 Å². The van der Waals surface area contributed by atoms with E-state index in [4.69, 9.17) is 9.15 Å². The lowest BCUT2D eigenvalue weighted by Gasteiger charge is -2.34. The molecule has 0 unspecified atom stereocenters. The van der Waals surface area contributed by atoms with Gasteiger partial charge < -0.3 is 14.1 Å². The number of para-hydroxylation sites is 1. The summed E-state index contributed by atoms with van der Waals surface area (Å²) in [5, 5.41) is 5.13. The molecule has 0 N–H and O–H groups in total. The number of likely N-dealkylation sites (tertiary alicyclic amines) is 1. The Bertz CT molecular complexity index is 912. The Morgan fingerprint density at radius 2 is 2.24 bits per heavy atom. The first-order valence-corrected chi connectivity index (χ1v) is 8.53. The molecule has 1 aromatic carbocycles. The van der Waals surface area contributed by atoms with E-state index >= 15 is 0 Å². The smallest absolute Gasteiger partial charge is 0.290 e. The molecule has 0 saturated carbocycles. The van der Waals surface area contributed by atoms with E-state index in [1.807, 2.05) is 42.5 Å². The molecule has 1 aliphatic heterocycles. The Morgan fingerprint density at radius 1 is 1.36 bits per heavy atom. The zero-order valence-corrected chi connectivity index (χ0v) is 14.4. The average molecular weight is 339 g/mol. The lowest BCUT2D eigenvalue weighted by Crippen LogP contribution is -2.38. The molecule has 2 aromatic heterocycles. The van der Waals surface area contributed by atoms with E-state index in [2.05, 4.69) is 5.10 Å². The van der Waals surface area contributed by atoms with Crippen LogP contribution in [0.3, 0.4) is 0 Å². The van der Waals surface area contributed by atoms with Crippen LogP contribution in [-0.2, 0) is 7.05 Å². The van der Waals surface area contributed by atoms with Crippen LogP contribution in [0.5, 0.6) is 5.75 Å². The number of amides is 1. The molecule has 6 heteroatoms. The molecule has 130 valence electrons. The fourth-order valence-corrected chi connectivity index (χ4v) is 3.58. The first-order valence-electron chi connectivity index (χ1n) is 8.53. The Labute approximate surface area is 146 Å². The summed E-state index contributed by atoms with van der Waals surface area (Å²) in [6.45, 7) is 0.729. The van der Waals surface area contributed by atoms with Gasteiger partial charge in [-0.2, -0.15) is 5.10 Å². The topological polar surface area (TPSA) is 60.5 Å². The zero-order chi connectivity index (χ0) is 17.4. The molecule has 1 fully saturated rings. The van der Waals surface area contributed by atoms with Crippen LogP contribution in [0.2, 0.25) is 0 Å². The highest BCUT2D eigenvalue weighted by Gasteiger charge is 2.31. The summed E-state index contributed by atoms with van der Waals surface area (Å²) in [7, 11) is 3.49. The minimum absolute atomic E-state index is 0.0463. The summed E-state index contributed by atoms with van der Waals surface area (Å²) in [6.07, 6.45) is 6.89. The molecule has 0 bridgehead atoms. The number of fused-ring (bicyclic) bond motifs is 1. The van der Waals surface area contributed by atoms with Crippen LogP contribution < -0.4 is 4.74 Å². The van der Waals surface area contributed by atoms with Gasteiger partial charge in [0.15, 0.2) is 17.1 Å². The number of rotatable bonds is 3. The molecule has 0 aliphatic carbocycles. The first kappa shape index (κ1) is 15.7. The molecular formula is C19H21N3O3. The summed E-state index contributed by atoms with van der Waals surface area (Å²) in [5.74, 6) is 0.918. The number of carbonyl (C=O) groups is 1. The van der Waals surface area contributed by atoms with E-state index in [-0.39, 0.29) is 11.9 Å². The quantitative estimate of drug-likeness (QED) is 0.732. The predicted molar refractivity (Wildman–Crippen MR) is 93.6 cm³/mol. The molecule has 0 spiro atoms. The van der Waals surface area contributed by atoms with Crippen LogP contribution >= 0.6 is 0 Å². The SMILES string of the molecule is COc1cccc2cc(C(=O)N3CCCC[C@H]3c3cnn(C)c3)oc12. The third-order valence-electron chi connectivity index (χ3n) is 4.81.